The molecule has 1 aromatic carbocycles. The third-order valence-corrected chi connectivity index (χ3v) is 3.89. The molecule has 8 nitrogen and oxygen atoms in total. The molecule has 0 fully saturated rings. The van der Waals surface area contributed by atoms with Gasteiger partial charge in [-0.2, -0.15) is 5.26 Å². The molecule has 0 saturated carbocycles. The van der Waals surface area contributed by atoms with E-state index in [4.69, 9.17) is 11.1 Å². The van der Waals surface area contributed by atoms with E-state index >= 15 is 0 Å². The van der Waals surface area contributed by atoms with Gasteiger partial charge < -0.3 is 0 Å². The van der Waals surface area contributed by atoms with Crippen LogP contribution in [-0.2, 0) is 16.4 Å². The molecular formula is C12H12N6O2S. The lowest BCUT2D eigenvalue weighted by Gasteiger charge is -2.08. The smallest absolute Gasteiger partial charge is 0.264 e. The van der Waals surface area contributed by atoms with Crippen molar-refractivity contribution in [2.45, 2.75) is 11.3 Å². The molecule has 108 valence electrons. The molecule has 1 aromatic heterocycles. The quantitative estimate of drug-likeness (QED) is 0.544. The molecule has 0 spiro atoms. The summed E-state index contributed by atoms with van der Waals surface area (Å²) in [5.41, 5.74) is 3.40. The SMILES string of the molecule is N#CCc1ccc(NS(=O)(=O)c2cnc(NN)nc2)cc1. The lowest BCUT2D eigenvalue weighted by molar-refractivity contribution is 0.600. The molecule has 2 aromatic rings. The number of aromatic nitrogens is 2. The second kappa shape index (κ2) is 6.17. The molecule has 0 amide bonds. The minimum absolute atomic E-state index is 0.0809. The maximum Gasteiger partial charge on any atom is 0.264 e. The van der Waals surface area contributed by atoms with Gasteiger partial charge in [0, 0.05) is 5.69 Å². The minimum Gasteiger partial charge on any atom is -0.292 e. The predicted molar refractivity (Wildman–Crippen MR) is 76.4 cm³/mol. The van der Waals surface area contributed by atoms with E-state index in [0.29, 0.717) is 5.69 Å². The topological polar surface area (TPSA) is 134 Å². The fraction of sp³-hybridized carbons (Fsp3) is 0.0833. The van der Waals surface area contributed by atoms with Crippen LogP contribution in [0.15, 0.2) is 41.6 Å². The van der Waals surface area contributed by atoms with Gasteiger partial charge in [-0.15, -0.1) is 0 Å². The van der Waals surface area contributed by atoms with E-state index in [1.165, 1.54) is 0 Å². The van der Waals surface area contributed by atoms with Gasteiger partial charge in [-0.05, 0) is 17.7 Å². The van der Waals surface area contributed by atoms with Crippen molar-refractivity contribution in [3.63, 3.8) is 0 Å². The number of anilines is 2. The maximum absolute atomic E-state index is 12.1. The fourth-order valence-corrected chi connectivity index (χ4v) is 2.47. The standard InChI is InChI=1S/C12H12N6O2S/c13-6-5-9-1-3-10(4-2-9)18-21(19,20)11-7-15-12(17-14)16-8-11/h1-4,7-8,18H,5,14H2,(H,15,16,17). The zero-order valence-corrected chi connectivity index (χ0v) is 11.6. The van der Waals surface area contributed by atoms with Crippen LogP contribution in [0.1, 0.15) is 5.56 Å². The molecule has 0 aliphatic rings. The summed E-state index contributed by atoms with van der Waals surface area (Å²) in [4.78, 5) is 7.40. The van der Waals surface area contributed by atoms with Gasteiger partial charge in [-0.1, -0.05) is 12.1 Å². The van der Waals surface area contributed by atoms with Crippen LogP contribution in [0.2, 0.25) is 0 Å². The third-order valence-electron chi connectivity index (χ3n) is 2.56. The van der Waals surface area contributed by atoms with Gasteiger partial charge in [0.15, 0.2) is 0 Å². The lowest BCUT2D eigenvalue weighted by atomic mass is 10.1. The van der Waals surface area contributed by atoms with Crippen molar-refractivity contribution in [1.29, 1.82) is 5.26 Å². The number of rotatable bonds is 5. The normalized spacial score (nSPS) is 10.7. The Morgan fingerprint density at radius 1 is 1.19 bits per heavy atom. The van der Waals surface area contributed by atoms with Crippen LogP contribution in [-0.4, -0.2) is 18.4 Å². The molecule has 0 atom stereocenters. The van der Waals surface area contributed by atoms with Crippen molar-refractivity contribution in [2.24, 2.45) is 5.84 Å². The van der Waals surface area contributed by atoms with Gasteiger partial charge in [0.25, 0.3) is 10.0 Å². The van der Waals surface area contributed by atoms with Gasteiger partial charge in [-0.25, -0.2) is 24.2 Å². The maximum atomic E-state index is 12.1. The number of nitrogen functional groups attached to an aromatic ring is 1. The molecule has 0 saturated heterocycles. The van der Waals surface area contributed by atoms with Crippen LogP contribution >= 0.6 is 0 Å². The van der Waals surface area contributed by atoms with Gasteiger partial charge in [0.2, 0.25) is 5.95 Å². The largest absolute Gasteiger partial charge is 0.292 e. The van der Waals surface area contributed by atoms with Gasteiger partial charge in [0.05, 0.1) is 24.9 Å². The van der Waals surface area contributed by atoms with Crippen molar-refractivity contribution >= 4 is 21.7 Å². The van der Waals surface area contributed by atoms with E-state index in [1.807, 2.05) is 6.07 Å². The van der Waals surface area contributed by atoms with Crippen molar-refractivity contribution in [2.75, 3.05) is 10.1 Å². The number of nitriles is 1. The van der Waals surface area contributed by atoms with Gasteiger partial charge in [0.1, 0.15) is 4.90 Å². The highest BCUT2D eigenvalue weighted by atomic mass is 32.2. The van der Waals surface area contributed by atoms with Crippen molar-refractivity contribution in [1.82, 2.24) is 9.97 Å². The molecule has 0 aliphatic carbocycles. The van der Waals surface area contributed by atoms with Crippen LogP contribution in [0.3, 0.4) is 0 Å². The number of hydrazine groups is 1. The van der Waals surface area contributed by atoms with E-state index in [-0.39, 0.29) is 17.3 Å². The first-order valence-electron chi connectivity index (χ1n) is 5.82. The number of nitrogens with one attached hydrogen (secondary N) is 2. The number of nitrogens with zero attached hydrogens (tertiary/aromatic N) is 3. The first-order chi connectivity index (χ1) is 10.0. The van der Waals surface area contributed by atoms with Crippen LogP contribution in [0, 0.1) is 11.3 Å². The fourth-order valence-electron chi connectivity index (χ4n) is 1.53. The highest BCUT2D eigenvalue weighted by molar-refractivity contribution is 7.92. The van der Waals surface area contributed by atoms with Crippen molar-refractivity contribution in [3.8, 4) is 6.07 Å². The highest BCUT2D eigenvalue weighted by Gasteiger charge is 2.15. The number of hydrogen-bond donors (Lipinski definition) is 3. The summed E-state index contributed by atoms with van der Waals surface area (Å²) >= 11 is 0. The molecule has 1 heterocycles. The first-order valence-corrected chi connectivity index (χ1v) is 7.31. The molecule has 0 aliphatic heterocycles. The monoisotopic (exact) mass is 304 g/mol. The Balaban J connectivity index is 2.18. The summed E-state index contributed by atoms with van der Waals surface area (Å²) < 4.78 is 26.6. The molecule has 4 N–H and O–H groups in total. The molecule has 0 unspecified atom stereocenters. The summed E-state index contributed by atoms with van der Waals surface area (Å²) in [6, 6.07) is 8.54. The van der Waals surface area contributed by atoms with E-state index in [2.05, 4.69) is 20.1 Å². The number of benzene rings is 1. The van der Waals surface area contributed by atoms with E-state index < -0.39 is 10.0 Å². The second-order valence-corrected chi connectivity index (χ2v) is 5.71. The summed E-state index contributed by atoms with van der Waals surface area (Å²) in [7, 11) is -3.77. The molecule has 21 heavy (non-hydrogen) atoms. The Bertz CT molecular complexity index is 750. The molecular weight excluding hydrogens is 292 g/mol. The summed E-state index contributed by atoms with van der Waals surface area (Å²) in [6.45, 7) is 0. The molecule has 0 radical (unpaired) electrons. The Kier molecular flexibility index (Phi) is 4.32. The minimum atomic E-state index is -3.77. The lowest BCUT2D eigenvalue weighted by Crippen LogP contribution is -2.15. The van der Waals surface area contributed by atoms with E-state index in [0.717, 1.165) is 18.0 Å². The van der Waals surface area contributed by atoms with Gasteiger partial charge in [-0.3, -0.25) is 10.1 Å². The summed E-state index contributed by atoms with van der Waals surface area (Å²) in [6.07, 6.45) is 2.57. The van der Waals surface area contributed by atoms with Crippen LogP contribution < -0.4 is 16.0 Å². The number of hydrogen-bond acceptors (Lipinski definition) is 7. The first kappa shape index (κ1) is 14.7. The van der Waals surface area contributed by atoms with Gasteiger partial charge >= 0.3 is 0 Å². The highest BCUT2D eigenvalue weighted by Crippen LogP contribution is 2.16. The Labute approximate surface area is 121 Å². The van der Waals surface area contributed by atoms with E-state index in [9.17, 15) is 8.42 Å². The molecule has 9 heteroatoms. The Morgan fingerprint density at radius 2 is 1.81 bits per heavy atom. The van der Waals surface area contributed by atoms with E-state index in [1.54, 1.807) is 24.3 Å². The van der Waals surface area contributed by atoms with Crippen molar-refractivity contribution < 1.29 is 8.42 Å². The predicted octanol–water partition coefficient (Wildman–Crippen LogP) is 0.629. The zero-order chi connectivity index (χ0) is 15.3. The number of nitrogens with two attached hydrogens (primary N) is 1. The van der Waals surface area contributed by atoms with Crippen LogP contribution in [0.5, 0.6) is 0 Å². The van der Waals surface area contributed by atoms with Crippen LogP contribution in [0.4, 0.5) is 11.6 Å². The number of sulfonamides is 1. The zero-order valence-electron chi connectivity index (χ0n) is 10.8. The molecule has 2 rings (SSSR count). The Morgan fingerprint density at radius 3 is 2.33 bits per heavy atom. The van der Waals surface area contributed by atoms with Crippen molar-refractivity contribution in [3.05, 3.63) is 42.2 Å². The van der Waals surface area contributed by atoms with Crippen LogP contribution in [0.25, 0.3) is 0 Å². The Hall–Kier alpha value is -2.70. The third kappa shape index (κ3) is 3.65. The average molecular weight is 304 g/mol. The summed E-state index contributed by atoms with van der Waals surface area (Å²) in [5.74, 6) is 5.23. The molecule has 0 bridgehead atoms. The summed E-state index contributed by atoms with van der Waals surface area (Å²) in [5, 5.41) is 8.58. The average Bonchev–Trinajstić information content (AvgIpc) is 2.49. The second-order valence-electron chi connectivity index (χ2n) is 4.02.